The van der Waals surface area contributed by atoms with Crippen LogP contribution in [0.4, 0.5) is 11.6 Å². The van der Waals surface area contributed by atoms with E-state index >= 15 is 0 Å². The predicted octanol–water partition coefficient (Wildman–Crippen LogP) is 2.22. The maximum absolute atomic E-state index is 11.0. The molecule has 0 radical (unpaired) electrons. The third kappa shape index (κ3) is 2.73. The van der Waals surface area contributed by atoms with Crippen molar-refractivity contribution in [1.29, 1.82) is 0 Å². The molecule has 0 aliphatic heterocycles. The van der Waals surface area contributed by atoms with Crippen LogP contribution in [0.5, 0.6) is 0 Å². The molecule has 2 saturated carbocycles. The summed E-state index contributed by atoms with van der Waals surface area (Å²) < 4.78 is 1.95. The SMILES string of the molecule is Nc1ccc2ccc(SC[C@]34C[C@@H]3[C@@H](n3ccc5c(N)ncnc53)[C@H](O)[C@@H]4O)cc2n1. The van der Waals surface area contributed by atoms with E-state index < -0.39 is 12.2 Å². The summed E-state index contributed by atoms with van der Waals surface area (Å²) in [5, 5.41) is 23.7. The lowest BCUT2D eigenvalue weighted by Crippen LogP contribution is -2.35. The molecule has 9 heteroatoms. The van der Waals surface area contributed by atoms with Crippen molar-refractivity contribution in [3.05, 3.63) is 48.9 Å². The van der Waals surface area contributed by atoms with E-state index in [4.69, 9.17) is 11.5 Å². The third-order valence-corrected chi connectivity index (χ3v) is 8.18. The number of fused-ring (bicyclic) bond motifs is 3. The zero-order valence-electron chi connectivity index (χ0n) is 16.6. The molecule has 6 rings (SSSR count). The highest BCUT2D eigenvalue weighted by molar-refractivity contribution is 7.99. The van der Waals surface area contributed by atoms with E-state index in [9.17, 15) is 10.2 Å². The molecule has 3 aromatic heterocycles. The molecule has 0 saturated heterocycles. The molecule has 0 bridgehead atoms. The van der Waals surface area contributed by atoms with Crippen LogP contribution in [-0.2, 0) is 0 Å². The topological polar surface area (TPSA) is 136 Å². The molecule has 8 nitrogen and oxygen atoms in total. The molecule has 0 unspecified atom stereocenters. The molecule has 5 atom stereocenters. The van der Waals surface area contributed by atoms with Crippen LogP contribution in [0.3, 0.4) is 0 Å². The Bertz CT molecular complexity index is 1330. The Labute approximate surface area is 182 Å². The minimum atomic E-state index is -0.857. The first-order valence-corrected chi connectivity index (χ1v) is 11.2. The summed E-state index contributed by atoms with van der Waals surface area (Å²) in [6, 6.07) is 11.5. The van der Waals surface area contributed by atoms with Gasteiger partial charge >= 0.3 is 0 Å². The zero-order chi connectivity index (χ0) is 21.3. The monoisotopic (exact) mass is 434 g/mol. The number of benzene rings is 1. The molecule has 31 heavy (non-hydrogen) atoms. The van der Waals surface area contributed by atoms with Crippen LogP contribution in [-0.4, -0.2) is 47.7 Å². The Balaban J connectivity index is 1.27. The van der Waals surface area contributed by atoms with E-state index in [1.54, 1.807) is 17.8 Å². The van der Waals surface area contributed by atoms with Gasteiger partial charge < -0.3 is 26.2 Å². The smallest absolute Gasteiger partial charge is 0.145 e. The van der Waals surface area contributed by atoms with Crippen LogP contribution < -0.4 is 11.5 Å². The molecule has 2 aliphatic rings. The summed E-state index contributed by atoms with van der Waals surface area (Å²) in [5.74, 6) is 1.80. The predicted molar refractivity (Wildman–Crippen MR) is 120 cm³/mol. The lowest BCUT2D eigenvalue weighted by atomic mass is 10.0. The molecule has 2 fully saturated rings. The number of hydrogen-bond acceptors (Lipinski definition) is 8. The summed E-state index contributed by atoms with van der Waals surface area (Å²) >= 11 is 1.68. The fourth-order valence-electron chi connectivity index (χ4n) is 5.18. The molecule has 6 N–H and O–H groups in total. The minimum Gasteiger partial charge on any atom is -0.390 e. The molecular formula is C22H22N6O2S. The van der Waals surface area contributed by atoms with Gasteiger partial charge in [0.05, 0.1) is 23.0 Å². The molecule has 0 amide bonds. The largest absolute Gasteiger partial charge is 0.390 e. The van der Waals surface area contributed by atoms with E-state index in [1.165, 1.54) is 6.33 Å². The van der Waals surface area contributed by atoms with Gasteiger partial charge in [0, 0.05) is 27.6 Å². The molecule has 2 aliphatic carbocycles. The molecule has 3 heterocycles. The van der Waals surface area contributed by atoms with E-state index in [0.717, 1.165) is 33.4 Å². The number of thioether (sulfide) groups is 1. The maximum atomic E-state index is 11.0. The van der Waals surface area contributed by atoms with Gasteiger partial charge in [-0.3, -0.25) is 0 Å². The minimum absolute atomic E-state index is 0.172. The lowest BCUT2D eigenvalue weighted by molar-refractivity contribution is -0.0125. The van der Waals surface area contributed by atoms with E-state index in [1.807, 2.05) is 35.0 Å². The zero-order valence-corrected chi connectivity index (χ0v) is 17.4. The number of nitrogen functional groups attached to an aromatic ring is 2. The first-order valence-electron chi connectivity index (χ1n) is 10.2. The highest BCUT2D eigenvalue weighted by Gasteiger charge is 2.71. The van der Waals surface area contributed by atoms with Crippen LogP contribution in [0.25, 0.3) is 21.9 Å². The van der Waals surface area contributed by atoms with Gasteiger partial charge in [-0.2, -0.15) is 0 Å². The van der Waals surface area contributed by atoms with Gasteiger partial charge in [0.15, 0.2) is 0 Å². The molecule has 158 valence electrons. The van der Waals surface area contributed by atoms with Gasteiger partial charge in [0.1, 0.15) is 29.7 Å². The summed E-state index contributed by atoms with van der Waals surface area (Å²) in [6.07, 6.45) is 2.53. The van der Waals surface area contributed by atoms with Crippen LogP contribution in [0.2, 0.25) is 0 Å². The standard InChI is InChI=1S/C22H22N6O2S/c23-16-4-2-11-1-3-12(7-15(11)27-16)31-9-22-8-14(22)17(18(29)19(22)30)28-6-5-13-20(24)25-10-26-21(13)28/h1-7,10,14,17-19,29-30H,8-9H2,(H2,23,27)(H2,24,25,26)/t14-,17-,18+,19+,22-/m1/s1. The van der Waals surface area contributed by atoms with Gasteiger partial charge in [0.25, 0.3) is 0 Å². The number of aliphatic hydroxyl groups excluding tert-OH is 2. The second-order valence-corrected chi connectivity index (χ2v) is 9.62. The van der Waals surface area contributed by atoms with Crippen molar-refractivity contribution in [1.82, 2.24) is 19.5 Å². The first-order chi connectivity index (χ1) is 15.0. The maximum Gasteiger partial charge on any atom is 0.145 e. The molecule has 1 aromatic carbocycles. The van der Waals surface area contributed by atoms with Gasteiger partial charge in [-0.05, 0) is 42.7 Å². The third-order valence-electron chi connectivity index (χ3n) is 6.91. The van der Waals surface area contributed by atoms with Crippen molar-refractivity contribution in [3.63, 3.8) is 0 Å². The average molecular weight is 435 g/mol. The number of anilines is 2. The molecule has 4 aromatic rings. The number of rotatable bonds is 4. The van der Waals surface area contributed by atoms with Gasteiger partial charge in [0.2, 0.25) is 0 Å². The first kappa shape index (κ1) is 18.9. The van der Waals surface area contributed by atoms with Crippen LogP contribution in [0.15, 0.2) is 53.8 Å². The number of pyridine rings is 1. The fourth-order valence-corrected chi connectivity index (χ4v) is 6.47. The van der Waals surface area contributed by atoms with Gasteiger partial charge in [-0.15, -0.1) is 11.8 Å². The van der Waals surface area contributed by atoms with Crippen LogP contribution >= 0.6 is 11.8 Å². The number of aliphatic hydroxyl groups is 2. The van der Waals surface area contributed by atoms with Crippen molar-refractivity contribution >= 4 is 45.3 Å². The van der Waals surface area contributed by atoms with Crippen LogP contribution in [0, 0.1) is 11.3 Å². The van der Waals surface area contributed by atoms with Crippen molar-refractivity contribution in [2.75, 3.05) is 17.2 Å². The number of nitrogens with zero attached hydrogens (tertiary/aromatic N) is 4. The summed E-state index contributed by atoms with van der Waals surface area (Å²) in [6.45, 7) is 0. The molecule has 0 spiro atoms. The summed E-state index contributed by atoms with van der Waals surface area (Å²) in [4.78, 5) is 13.9. The number of aromatic nitrogens is 4. The van der Waals surface area contributed by atoms with Crippen LogP contribution in [0.1, 0.15) is 12.5 Å². The fraction of sp³-hybridized carbons (Fsp3) is 0.318. The normalized spacial score (nSPS) is 29.5. The number of hydrogen-bond donors (Lipinski definition) is 4. The van der Waals surface area contributed by atoms with Crippen molar-refractivity contribution in [2.24, 2.45) is 11.3 Å². The quantitative estimate of drug-likeness (QED) is 0.359. The highest BCUT2D eigenvalue weighted by Crippen LogP contribution is 2.69. The Hall–Kier alpha value is -2.88. The summed E-state index contributed by atoms with van der Waals surface area (Å²) in [5.41, 5.74) is 13.0. The Morgan fingerprint density at radius 3 is 2.84 bits per heavy atom. The van der Waals surface area contributed by atoms with E-state index in [-0.39, 0.29) is 17.4 Å². The molecular weight excluding hydrogens is 412 g/mol. The lowest BCUT2D eigenvalue weighted by Gasteiger charge is -2.24. The Kier molecular flexibility index (Phi) is 3.99. The Morgan fingerprint density at radius 1 is 1.13 bits per heavy atom. The van der Waals surface area contributed by atoms with Crippen molar-refractivity contribution in [2.45, 2.75) is 29.6 Å². The van der Waals surface area contributed by atoms with E-state index in [0.29, 0.717) is 17.3 Å². The highest BCUT2D eigenvalue weighted by atomic mass is 32.2. The van der Waals surface area contributed by atoms with Gasteiger partial charge in [-0.1, -0.05) is 6.07 Å². The second kappa shape index (κ2) is 6.56. The van der Waals surface area contributed by atoms with Gasteiger partial charge in [-0.25, -0.2) is 15.0 Å². The van der Waals surface area contributed by atoms with E-state index in [2.05, 4.69) is 21.0 Å². The van der Waals surface area contributed by atoms with Crippen molar-refractivity contribution in [3.8, 4) is 0 Å². The number of nitrogens with two attached hydrogens (primary N) is 2. The second-order valence-electron chi connectivity index (χ2n) is 8.57. The Morgan fingerprint density at radius 2 is 1.97 bits per heavy atom. The van der Waals surface area contributed by atoms with Crippen molar-refractivity contribution < 1.29 is 10.2 Å². The summed E-state index contributed by atoms with van der Waals surface area (Å²) in [7, 11) is 0. The average Bonchev–Trinajstić information content (AvgIpc) is 3.25.